The van der Waals surface area contributed by atoms with Gasteiger partial charge in [-0.2, -0.15) is 18.3 Å². The zero-order valence-electron chi connectivity index (χ0n) is 14.4. The molecule has 6 nitrogen and oxygen atoms in total. The van der Waals surface area contributed by atoms with Gasteiger partial charge in [0.15, 0.2) is 16.8 Å². The summed E-state index contributed by atoms with van der Waals surface area (Å²) in [5.74, 6) is -0.127. The van der Waals surface area contributed by atoms with Gasteiger partial charge in [-0.15, -0.1) is 11.3 Å². The molecular formula is C16H10Cl3F3N4O2S. The smallest absolute Gasteiger partial charge is 0.435 e. The maximum atomic E-state index is 13.4. The molecule has 0 aliphatic heterocycles. The second-order valence-corrected chi connectivity index (χ2v) is 7.99. The van der Waals surface area contributed by atoms with Crippen molar-refractivity contribution in [2.75, 3.05) is 0 Å². The SMILES string of the molecule is Cn1nc(C(F)(F)F)c(/C=N/OCc2cnc(Cl)s2)c1Oc1ccc(Cl)cc1Cl. The highest BCUT2D eigenvalue weighted by atomic mass is 35.5. The summed E-state index contributed by atoms with van der Waals surface area (Å²) in [4.78, 5) is 9.51. The van der Waals surface area contributed by atoms with Crippen molar-refractivity contribution in [1.82, 2.24) is 14.8 Å². The van der Waals surface area contributed by atoms with Gasteiger partial charge in [-0.1, -0.05) is 40.0 Å². The predicted octanol–water partition coefficient (Wildman–Crippen LogP) is 6.20. The quantitative estimate of drug-likeness (QED) is 0.308. The number of aromatic nitrogens is 3. The van der Waals surface area contributed by atoms with Crippen molar-refractivity contribution in [3.63, 3.8) is 0 Å². The molecule has 0 saturated heterocycles. The fraction of sp³-hybridized carbons (Fsp3) is 0.188. The van der Waals surface area contributed by atoms with Crippen molar-refractivity contribution in [2.45, 2.75) is 12.8 Å². The summed E-state index contributed by atoms with van der Waals surface area (Å²) in [6.45, 7) is -0.0122. The number of halogens is 6. The third-order valence-electron chi connectivity index (χ3n) is 3.39. The third-order valence-corrected chi connectivity index (χ3v) is 5.01. The van der Waals surface area contributed by atoms with Gasteiger partial charge < -0.3 is 9.57 Å². The van der Waals surface area contributed by atoms with Crippen molar-refractivity contribution >= 4 is 52.4 Å². The first-order chi connectivity index (χ1) is 13.6. The summed E-state index contributed by atoms with van der Waals surface area (Å²) in [5, 5.41) is 7.55. The number of alkyl halides is 3. The van der Waals surface area contributed by atoms with Crippen molar-refractivity contribution in [1.29, 1.82) is 0 Å². The molecule has 2 heterocycles. The van der Waals surface area contributed by atoms with Gasteiger partial charge in [-0.3, -0.25) is 0 Å². The van der Waals surface area contributed by atoms with E-state index in [9.17, 15) is 13.2 Å². The molecule has 0 bridgehead atoms. The Morgan fingerprint density at radius 3 is 2.66 bits per heavy atom. The predicted molar refractivity (Wildman–Crippen MR) is 104 cm³/mol. The molecule has 0 N–H and O–H groups in total. The lowest BCUT2D eigenvalue weighted by molar-refractivity contribution is -0.141. The van der Waals surface area contributed by atoms with E-state index in [2.05, 4.69) is 15.2 Å². The van der Waals surface area contributed by atoms with E-state index in [4.69, 9.17) is 44.4 Å². The van der Waals surface area contributed by atoms with E-state index >= 15 is 0 Å². The van der Waals surface area contributed by atoms with Crippen molar-refractivity contribution < 1.29 is 22.7 Å². The van der Waals surface area contributed by atoms with E-state index in [0.717, 1.165) is 22.2 Å². The summed E-state index contributed by atoms with van der Waals surface area (Å²) in [5.41, 5.74) is -1.61. The average molecular weight is 486 g/mol. The van der Waals surface area contributed by atoms with Crippen LogP contribution in [0.2, 0.25) is 14.5 Å². The monoisotopic (exact) mass is 484 g/mol. The van der Waals surface area contributed by atoms with Gasteiger partial charge in [0.25, 0.3) is 0 Å². The van der Waals surface area contributed by atoms with E-state index in [1.807, 2.05) is 0 Å². The zero-order chi connectivity index (χ0) is 21.2. The van der Waals surface area contributed by atoms with Crippen molar-refractivity contribution in [3.05, 3.63) is 55.0 Å². The van der Waals surface area contributed by atoms with E-state index in [0.29, 0.717) is 14.4 Å². The van der Waals surface area contributed by atoms with Gasteiger partial charge in [0.2, 0.25) is 5.88 Å². The van der Waals surface area contributed by atoms with Gasteiger partial charge in [0, 0.05) is 18.3 Å². The first kappa shape index (κ1) is 21.7. The van der Waals surface area contributed by atoms with Crippen LogP contribution in [0.4, 0.5) is 13.2 Å². The van der Waals surface area contributed by atoms with Crippen LogP contribution in [0, 0.1) is 0 Å². The van der Waals surface area contributed by atoms with E-state index in [1.165, 1.54) is 31.4 Å². The topological polar surface area (TPSA) is 61.5 Å². The van der Waals surface area contributed by atoms with Crippen LogP contribution in [0.15, 0.2) is 29.6 Å². The van der Waals surface area contributed by atoms with E-state index in [-0.39, 0.29) is 23.3 Å². The number of hydrogen-bond donors (Lipinski definition) is 0. The van der Waals surface area contributed by atoms with Gasteiger partial charge in [0.1, 0.15) is 5.75 Å². The molecule has 0 aliphatic carbocycles. The summed E-state index contributed by atoms with van der Waals surface area (Å²) < 4.78 is 47.0. The standard InChI is InChI=1S/C16H10Cl3F3N4O2S/c1-26-14(28-12-3-2-8(17)4-11(12)18)10(13(25-26)16(20,21)22)6-24-27-7-9-5-23-15(19)29-9/h2-6H,7H2,1H3/b24-6+. The normalized spacial score (nSPS) is 12.0. The second-order valence-electron chi connectivity index (χ2n) is 5.45. The van der Waals surface area contributed by atoms with Crippen LogP contribution < -0.4 is 4.74 Å². The zero-order valence-corrected chi connectivity index (χ0v) is 17.5. The Morgan fingerprint density at radius 2 is 2.03 bits per heavy atom. The number of nitrogens with zero attached hydrogens (tertiary/aromatic N) is 4. The maximum Gasteiger partial charge on any atom is 0.435 e. The number of oxime groups is 1. The third kappa shape index (κ3) is 5.33. The molecule has 0 atom stereocenters. The van der Waals surface area contributed by atoms with Crippen LogP contribution in [0.3, 0.4) is 0 Å². The largest absolute Gasteiger partial charge is 0.437 e. The highest BCUT2D eigenvalue weighted by molar-refractivity contribution is 7.15. The van der Waals surface area contributed by atoms with Crippen LogP contribution >= 0.6 is 46.1 Å². The van der Waals surface area contributed by atoms with Crippen LogP contribution in [0.5, 0.6) is 11.6 Å². The lowest BCUT2D eigenvalue weighted by atomic mass is 10.2. The van der Waals surface area contributed by atoms with Crippen LogP contribution in [0.1, 0.15) is 16.1 Å². The van der Waals surface area contributed by atoms with E-state index in [1.54, 1.807) is 0 Å². The minimum absolute atomic E-state index is 0.0122. The number of rotatable bonds is 6. The van der Waals surface area contributed by atoms with Crippen LogP contribution in [-0.2, 0) is 24.7 Å². The van der Waals surface area contributed by atoms with Gasteiger partial charge >= 0.3 is 6.18 Å². The molecule has 1 aromatic carbocycles. The molecule has 13 heteroatoms. The van der Waals surface area contributed by atoms with E-state index < -0.39 is 17.4 Å². The fourth-order valence-electron chi connectivity index (χ4n) is 2.18. The number of thiazole rings is 1. The number of benzene rings is 1. The Labute approximate surface area is 181 Å². The Bertz CT molecular complexity index is 1050. The summed E-state index contributed by atoms with van der Waals surface area (Å²) in [6.07, 6.45) is -2.39. The highest BCUT2D eigenvalue weighted by Gasteiger charge is 2.39. The van der Waals surface area contributed by atoms with Crippen molar-refractivity contribution in [2.24, 2.45) is 12.2 Å². The molecule has 0 unspecified atom stereocenters. The van der Waals surface area contributed by atoms with Gasteiger partial charge in [0.05, 0.1) is 21.7 Å². The highest BCUT2D eigenvalue weighted by Crippen LogP contribution is 2.38. The molecule has 0 radical (unpaired) electrons. The molecule has 2 aromatic heterocycles. The van der Waals surface area contributed by atoms with Crippen LogP contribution in [-0.4, -0.2) is 21.0 Å². The lowest BCUT2D eigenvalue weighted by Crippen LogP contribution is -2.09. The first-order valence-corrected chi connectivity index (χ1v) is 9.63. The van der Waals surface area contributed by atoms with Crippen molar-refractivity contribution in [3.8, 4) is 11.6 Å². The molecule has 0 spiro atoms. The molecule has 3 aromatic rings. The number of hydrogen-bond acceptors (Lipinski definition) is 6. The minimum atomic E-state index is -4.74. The molecule has 29 heavy (non-hydrogen) atoms. The second kappa shape index (κ2) is 8.78. The molecule has 0 aliphatic rings. The lowest BCUT2D eigenvalue weighted by Gasteiger charge is -2.09. The Balaban J connectivity index is 1.89. The molecule has 154 valence electrons. The fourth-order valence-corrected chi connectivity index (χ4v) is 3.51. The van der Waals surface area contributed by atoms with Gasteiger partial charge in [-0.05, 0) is 18.2 Å². The minimum Gasteiger partial charge on any atom is -0.437 e. The number of ether oxygens (including phenoxy) is 1. The Hall–Kier alpha value is -2.01. The number of aryl methyl sites for hydroxylation is 1. The molecular weight excluding hydrogens is 476 g/mol. The maximum absolute atomic E-state index is 13.4. The molecule has 0 fully saturated rings. The van der Waals surface area contributed by atoms with Crippen LogP contribution in [0.25, 0.3) is 0 Å². The average Bonchev–Trinajstić information content (AvgIpc) is 3.18. The molecule has 0 saturated carbocycles. The summed E-state index contributed by atoms with van der Waals surface area (Å²) in [6, 6.07) is 4.31. The first-order valence-electron chi connectivity index (χ1n) is 7.68. The molecule has 0 amide bonds. The Morgan fingerprint density at radius 1 is 1.28 bits per heavy atom. The van der Waals surface area contributed by atoms with Gasteiger partial charge in [-0.25, -0.2) is 9.67 Å². The summed E-state index contributed by atoms with van der Waals surface area (Å²) >= 11 is 18.7. The summed E-state index contributed by atoms with van der Waals surface area (Å²) in [7, 11) is 1.30. The molecule has 3 rings (SSSR count). The Kier molecular flexibility index (Phi) is 6.57.